The number of likely N-dealkylation sites (tertiary alicyclic amines) is 1. The summed E-state index contributed by atoms with van der Waals surface area (Å²) in [4.78, 5) is 32.4. The van der Waals surface area contributed by atoms with Crippen molar-refractivity contribution in [1.82, 2.24) is 24.3 Å². The molecule has 5 heterocycles. The highest BCUT2D eigenvalue weighted by Crippen LogP contribution is 2.38. The number of aryl methyl sites for hydroxylation is 1. The van der Waals surface area contributed by atoms with Crippen LogP contribution in [0.1, 0.15) is 37.9 Å². The molecule has 2 aromatic heterocycles. The summed E-state index contributed by atoms with van der Waals surface area (Å²) >= 11 is 0. The normalized spacial score (nSPS) is 24.1. The second-order valence-electron chi connectivity index (χ2n) is 11.5. The first-order valence-corrected chi connectivity index (χ1v) is 13.4. The minimum Gasteiger partial charge on any atom is -0.380 e. The first kappa shape index (κ1) is 25.0. The van der Waals surface area contributed by atoms with Crippen LogP contribution >= 0.6 is 0 Å². The van der Waals surface area contributed by atoms with Crippen LogP contribution in [0.4, 0.5) is 11.6 Å². The third-order valence-corrected chi connectivity index (χ3v) is 8.64. The van der Waals surface area contributed by atoms with Crippen LogP contribution in [-0.4, -0.2) is 75.8 Å². The van der Waals surface area contributed by atoms with Gasteiger partial charge in [0, 0.05) is 63.3 Å². The molecule has 198 valence electrons. The average molecular weight is 514 g/mol. The molecule has 9 nitrogen and oxygen atoms in total. The third kappa shape index (κ3) is 4.27. The van der Waals surface area contributed by atoms with Gasteiger partial charge in [0.05, 0.1) is 18.7 Å². The van der Waals surface area contributed by atoms with Gasteiger partial charge in [-0.15, -0.1) is 4.98 Å². The van der Waals surface area contributed by atoms with Gasteiger partial charge in [0.2, 0.25) is 5.52 Å². The Hall–Kier alpha value is -3.32. The van der Waals surface area contributed by atoms with Crippen molar-refractivity contribution in [3.8, 4) is 0 Å². The number of nitrogens with zero attached hydrogens (tertiary/aromatic N) is 7. The van der Waals surface area contributed by atoms with Crippen molar-refractivity contribution >= 4 is 22.7 Å². The highest BCUT2D eigenvalue weighted by Gasteiger charge is 2.48. The maximum Gasteiger partial charge on any atom is 0.350 e. The zero-order chi connectivity index (χ0) is 26.6. The van der Waals surface area contributed by atoms with Gasteiger partial charge in [-0.1, -0.05) is 30.8 Å². The van der Waals surface area contributed by atoms with E-state index in [-0.39, 0.29) is 23.8 Å². The molecule has 0 bridgehead atoms. The quantitative estimate of drug-likeness (QED) is 0.485. The van der Waals surface area contributed by atoms with Crippen molar-refractivity contribution in [3.05, 3.63) is 69.4 Å². The van der Waals surface area contributed by atoms with Crippen molar-refractivity contribution in [1.29, 1.82) is 0 Å². The molecule has 0 saturated carbocycles. The van der Waals surface area contributed by atoms with Crippen molar-refractivity contribution in [2.24, 2.45) is 12.5 Å². The number of fused-ring (bicyclic) bond motifs is 1. The SMILES string of the molecule is [C-]#[N+]c1ccc2c(n1)c(N1C[C@@H](C)N(C(C)c3ccc(CN4CC5(COC5)C4)cc3)C[C@@H]1C)nc(=O)n2C. The summed E-state index contributed by atoms with van der Waals surface area (Å²) in [5.41, 5.74) is 4.11. The van der Waals surface area contributed by atoms with E-state index in [2.05, 4.69) is 74.5 Å². The predicted octanol–water partition coefficient (Wildman–Crippen LogP) is 3.37. The van der Waals surface area contributed by atoms with E-state index >= 15 is 0 Å². The van der Waals surface area contributed by atoms with Crippen LogP contribution in [0.3, 0.4) is 0 Å². The zero-order valence-electron chi connectivity index (χ0n) is 22.6. The van der Waals surface area contributed by atoms with Crippen molar-refractivity contribution in [3.63, 3.8) is 0 Å². The molecule has 0 N–H and O–H groups in total. The molecule has 3 atom stereocenters. The monoisotopic (exact) mass is 513 g/mol. The number of anilines is 1. The molecule has 6 rings (SSSR count). The molecule has 0 aliphatic carbocycles. The van der Waals surface area contributed by atoms with E-state index in [9.17, 15) is 4.79 Å². The number of hydrogen-bond donors (Lipinski definition) is 0. The highest BCUT2D eigenvalue weighted by atomic mass is 16.5. The molecule has 1 aromatic carbocycles. The lowest BCUT2D eigenvalue weighted by Crippen LogP contribution is -2.65. The summed E-state index contributed by atoms with van der Waals surface area (Å²) in [7, 11) is 1.70. The van der Waals surface area contributed by atoms with Gasteiger partial charge in [-0.05, 0) is 44.0 Å². The molecule has 1 unspecified atom stereocenters. The number of benzene rings is 1. The van der Waals surface area contributed by atoms with Gasteiger partial charge >= 0.3 is 5.69 Å². The van der Waals surface area contributed by atoms with E-state index in [0.29, 0.717) is 28.1 Å². The van der Waals surface area contributed by atoms with Gasteiger partial charge in [0.15, 0.2) is 5.82 Å². The van der Waals surface area contributed by atoms with Gasteiger partial charge in [0.25, 0.3) is 5.82 Å². The summed E-state index contributed by atoms with van der Waals surface area (Å²) in [5, 5.41) is 0. The molecule has 0 amide bonds. The van der Waals surface area contributed by atoms with Gasteiger partial charge in [-0.25, -0.2) is 4.79 Å². The van der Waals surface area contributed by atoms with Crippen LogP contribution in [0.5, 0.6) is 0 Å². The van der Waals surface area contributed by atoms with Gasteiger partial charge < -0.3 is 14.5 Å². The molecular weight excluding hydrogens is 478 g/mol. The summed E-state index contributed by atoms with van der Waals surface area (Å²) in [5.74, 6) is 0.882. The van der Waals surface area contributed by atoms with Gasteiger partial charge in [-0.2, -0.15) is 4.98 Å². The van der Waals surface area contributed by atoms with E-state index in [1.807, 2.05) is 0 Å². The van der Waals surface area contributed by atoms with E-state index in [1.54, 1.807) is 19.2 Å². The molecule has 0 radical (unpaired) electrons. The fraction of sp³-hybridized carbons (Fsp3) is 0.517. The Morgan fingerprint density at radius 2 is 1.82 bits per heavy atom. The van der Waals surface area contributed by atoms with Crippen molar-refractivity contribution in [2.75, 3.05) is 44.3 Å². The lowest BCUT2D eigenvalue weighted by molar-refractivity contribution is -0.191. The molecule has 3 saturated heterocycles. The smallest absolute Gasteiger partial charge is 0.350 e. The highest BCUT2D eigenvalue weighted by molar-refractivity contribution is 5.87. The predicted molar refractivity (Wildman–Crippen MR) is 147 cm³/mol. The molecule has 3 aliphatic rings. The summed E-state index contributed by atoms with van der Waals surface area (Å²) in [6.45, 7) is 20.8. The first-order valence-electron chi connectivity index (χ1n) is 13.4. The van der Waals surface area contributed by atoms with Crippen LogP contribution in [0, 0.1) is 12.0 Å². The Bertz CT molecular complexity index is 1450. The van der Waals surface area contributed by atoms with Crippen LogP contribution < -0.4 is 10.6 Å². The van der Waals surface area contributed by atoms with Crippen molar-refractivity contribution in [2.45, 2.75) is 45.4 Å². The first-order chi connectivity index (χ1) is 18.3. The van der Waals surface area contributed by atoms with E-state index < -0.39 is 0 Å². The number of piperazine rings is 1. The van der Waals surface area contributed by atoms with Crippen LogP contribution in [0.15, 0.2) is 41.2 Å². The zero-order valence-corrected chi connectivity index (χ0v) is 22.6. The largest absolute Gasteiger partial charge is 0.380 e. The van der Waals surface area contributed by atoms with Crippen LogP contribution in [0.2, 0.25) is 0 Å². The minimum atomic E-state index is -0.310. The molecule has 9 heteroatoms. The lowest BCUT2D eigenvalue weighted by Gasteiger charge is -2.55. The fourth-order valence-corrected chi connectivity index (χ4v) is 6.39. The van der Waals surface area contributed by atoms with Gasteiger partial charge in [0.1, 0.15) is 0 Å². The van der Waals surface area contributed by atoms with E-state index in [1.165, 1.54) is 15.7 Å². The number of ether oxygens (including phenoxy) is 1. The number of pyridine rings is 1. The number of hydrogen-bond acceptors (Lipinski definition) is 7. The summed E-state index contributed by atoms with van der Waals surface area (Å²) in [6.07, 6.45) is 0. The third-order valence-electron chi connectivity index (χ3n) is 8.64. The Morgan fingerprint density at radius 3 is 2.47 bits per heavy atom. The summed E-state index contributed by atoms with van der Waals surface area (Å²) < 4.78 is 6.90. The number of rotatable bonds is 5. The summed E-state index contributed by atoms with van der Waals surface area (Å²) in [6, 6.07) is 13.2. The maximum absolute atomic E-state index is 12.7. The fourth-order valence-electron chi connectivity index (χ4n) is 6.39. The molecular formula is C29H35N7O2. The molecule has 38 heavy (non-hydrogen) atoms. The Morgan fingerprint density at radius 1 is 1.08 bits per heavy atom. The van der Waals surface area contributed by atoms with E-state index in [4.69, 9.17) is 11.3 Å². The molecule has 3 aromatic rings. The standard InChI is InChI=1S/C29H35N7O2/c1-19-13-36(27-26-24(33(5)28(37)32-27)10-11-25(30-4)31-26)20(2)12-35(19)21(3)23-8-6-22(7-9-23)14-34-15-29(16-34)17-38-18-29/h6-11,19-21H,12-18H2,1-3,5H3/t19-,20+,21?/m1/s1. The Balaban J connectivity index is 1.17. The van der Waals surface area contributed by atoms with Crippen molar-refractivity contribution < 1.29 is 4.74 Å². The molecule has 1 spiro atoms. The van der Waals surface area contributed by atoms with Crippen LogP contribution in [-0.2, 0) is 18.3 Å². The molecule has 3 fully saturated rings. The topological polar surface area (TPSA) is 71.1 Å². The lowest BCUT2D eigenvalue weighted by atomic mass is 9.78. The molecule has 3 aliphatic heterocycles. The average Bonchev–Trinajstić information content (AvgIpc) is 2.87. The van der Waals surface area contributed by atoms with Crippen LogP contribution in [0.25, 0.3) is 15.9 Å². The van der Waals surface area contributed by atoms with Gasteiger partial charge in [-0.3, -0.25) is 14.4 Å². The number of aromatic nitrogens is 3. The Kier molecular flexibility index (Phi) is 6.22. The second-order valence-corrected chi connectivity index (χ2v) is 11.5. The Labute approximate surface area is 223 Å². The minimum absolute atomic E-state index is 0.128. The maximum atomic E-state index is 12.7. The second kappa shape index (κ2) is 9.45. The van der Waals surface area contributed by atoms with E-state index in [0.717, 1.165) is 45.9 Å².